The number of pyridine rings is 1. The number of hydrogen-bond acceptors (Lipinski definition) is 2. The van der Waals surface area contributed by atoms with Crippen molar-refractivity contribution in [3.63, 3.8) is 0 Å². The van der Waals surface area contributed by atoms with E-state index in [1.807, 2.05) is 37.8 Å². The molecule has 0 radical (unpaired) electrons. The van der Waals surface area contributed by atoms with Crippen LogP contribution in [-0.4, -0.2) is 14.8 Å². The quantitative estimate of drug-likeness (QED) is 0.658. The number of halogens is 1. The van der Waals surface area contributed by atoms with Gasteiger partial charge in [0.15, 0.2) is 0 Å². The summed E-state index contributed by atoms with van der Waals surface area (Å²) in [6, 6.07) is 6.11. The predicted molar refractivity (Wildman–Crippen MR) is 87.7 cm³/mol. The molecule has 0 fully saturated rings. The summed E-state index contributed by atoms with van der Waals surface area (Å²) >= 11 is 6.30. The Morgan fingerprint density at radius 2 is 1.86 bits per heavy atom. The van der Waals surface area contributed by atoms with Crippen LogP contribution in [-0.2, 0) is 12.5 Å². The molecule has 0 N–H and O–H groups in total. The summed E-state index contributed by atoms with van der Waals surface area (Å²) in [5.74, 6) is 0. The van der Waals surface area contributed by atoms with E-state index in [0.29, 0.717) is 0 Å². The molecule has 0 unspecified atom stereocenters. The van der Waals surface area contributed by atoms with Crippen LogP contribution in [0.4, 0.5) is 0 Å². The van der Waals surface area contributed by atoms with Gasteiger partial charge in [0.2, 0.25) is 0 Å². The van der Waals surface area contributed by atoms with E-state index >= 15 is 0 Å². The third-order valence-corrected chi connectivity index (χ3v) is 3.83. The molecule has 3 rings (SSSR count). The second-order valence-electron chi connectivity index (χ2n) is 6.40. The van der Waals surface area contributed by atoms with Gasteiger partial charge in [-0.2, -0.15) is 5.10 Å². The van der Waals surface area contributed by atoms with Gasteiger partial charge in [-0.1, -0.05) is 32.4 Å². The normalized spacial score (nSPS) is 12.0. The first-order chi connectivity index (χ1) is 9.84. The first-order valence-corrected chi connectivity index (χ1v) is 7.31. The Balaban J connectivity index is 2.23. The third kappa shape index (κ3) is 2.66. The van der Waals surface area contributed by atoms with Crippen molar-refractivity contribution in [1.82, 2.24) is 14.8 Å². The SMILES string of the molecule is Cn1cc(-c2cc3cc(Cl)cc(C(C)(C)C)c3cn2)cn1. The summed E-state index contributed by atoms with van der Waals surface area (Å²) in [6.07, 6.45) is 5.72. The van der Waals surface area contributed by atoms with Gasteiger partial charge in [-0.3, -0.25) is 9.67 Å². The molecule has 108 valence electrons. The average molecular weight is 300 g/mol. The average Bonchev–Trinajstić information content (AvgIpc) is 2.82. The second-order valence-corrected chi connectivity index (χ2v) is 6.83. The zero-order valence-electron chi connectivity index (χ0n) is 12.7. The summed E-state index contributed by atoms with van der Waals surface area (Å²) in [5.41, 5.74) is 3.17. The van der Waals surface area contributed by atoms with E-state index in [0.717, 1.165) is 27.1 Å². The van der Waals surface area contributed by atoms with Gasteiger partial charge in [0.05, 0.1) is 11.9 Å². The maximum Gasteiger partial charge on any atom is 0.0739 e. The Morgan fingerprint density at radius 3 is 2.48 bits per heavy atom. The molecule has 0 aliphatic carbocycles. The van der Waals surface area contributed by atoms with Gasteiger partial charge in [-0.05, 0) is 34.6 Å². The molecule has 0 spiro atoms. The smallest absolute Gasteiger partial charge is 0.0739 e. The molecule has 0 aliphatic heterocycles. The number of nitrogens with zero attached hydrogens (tertiary/aromatic N) is 3. The summed E-state index contributed by atoms with van der Waals surface area (Å²) < 4.78 is 1.78. The Morgan fingerprint density at radius 1 is 1.10 bits per heavy atom. The Kier molecular flexibility index (Phi) is 3.25. The molecule has 1 aromatic carbocycles. The predicted octanol–water partition coefficient (Wildman–Crippen LogP) is 4.59. The summed E-state index contributed by atoms with van der Waals surface area (Å²) in [7, 11) is 1.90. The summed E-state index contributed by atoms with van der Waals surface area (Å²) in [4.78, 5) is 4.60. The summed E-state index contributed by atoms with van der Waals surface area (Å²) in [5, 5.41) is 7.22. The highest BCUT2D eigenvalue weighted by Gasteiger charge is 2.18. The number of aryl methyl sites for hydroxylation is 1. The zero-order valence-corrected chi connectivity index (χ0v) is 13.4. The van der Waals surface area contributed by atoms with Crippen molar-refractivity contribution < 1.29 is 0 Å². The van der Waals surface area contributed by atoms with Crippen LogP contribution < -0.4 is 0 Å². The lowest BCUT2D eigenvalue weighted by molar-refractivity contribution is 0.596. The lowest BCUT2D eigenvalue weighted by atomic mass is 9.84. The molecule has 0 saturated heterocycles. The van der Waals surface area contributed by atoms with Gasteiger partial charge >= 0.3 is 0 Å². The molecule has 4 heteroatoms. The molecule has 21 heavy (non-hydrogen) atoms. The molecular formula is C17H18ClN3. The molecule has 0 amide bonds. The highest BCUT2D eigenvalue weighted by atomic mass is 35.5. The number of rotatable bonds is 1. The number of benzene rings is 1. The maximum atomic E-state index is 6.30. The van der Waals surface area contributed by atoms with Crippen molar-refractivity contribution in [3.05, 3.63) is 47.4 Å². The lowest BCUT2D eigenvalue weighted by Crippen LogP contribution is -2.11. The minimum atomic E-state index is 0.0284. The number of hydrogen-bond donors (Lipinski definition) is 0. The summed E-state index contributed by atoms with van der Waals surface area (Å²) in [6.45, 7) is 6.56. The minimum absolute atomic E-state index is 0.0284. The van der Waals surface area contributed by atoms with E-state index in [2.05, 4.69) is 36.9 Å². The Hall–Kier alpha value is -1.87. The lowest BCUT2D eigenvalue weighted by Gasteiger charge is -2.21. The molecule has 2 heterocycles. The van der Waals surface area contributed by atoms with Gasteiger partial charge in [0, 0.05) is 35.4 Å². The van der Waals surface area contributed by atoms with Gasteiger partial charge in [-0.25, -0.2) is 0 Å². The Labute approximate surface area is 129 Å². The van der Waals surface area contributed by atoms with Crippen molar-refractivity contribution in [3.8, 4) is 11.3 Å². The van der Waals surface area contributed by atoms with Crippen LogP contribution in [0.5, 0.6) is 0 Å². The van der Waals surface area contributed by atoms with Crippen LogP contribution in [0.15, 0.2) is 36.8 Å². The second kappa shape index (κ2) is 4.85. The first-order valence-electron chi connectivity index (χ1n) is 6.93. The molecular weight excluding hydrogens is 282 g/mol. The largest absolute Gasteiger partial charge is 0.275 e. The van der Waals surface area contributed by atoms with E-state index < -0.39 is 0 Å². The fraction of sp³-hybridized carbons (Fsp3) is 0.294. The van der Waals surface area contributed by atoms with E-state index in [-0.39, 0.29) is 5.41 Å². The zero-order chi connectivity index (χ0) is 15.2. The monoisotopic (exact) mass is 299 g/mol. The topological polar surface area (TPSA) is 30.7 Å². The van der Waals surface area contributed by atoms with E-state index in [1.165, 1.54) is 5.56 Å². The molecule has 3 aromatic rings. The molecule has 0 saturated carbocycles. The first kappa shape index (κ1) is 14.1. The molecule has 0 atom stereocenters. The van der Waals surface area contributed by atoms with E-state index in [9.17, 15) is 0 Å². The van der Waals surface area contributed by atoms with Crippen molar-refractivity contribution in [1.29, 1.82) is 0 Å². The third-order valence-electron chi connectivity index (χ3n) is 3.61. The van der Waals surface area contributed by atoms with E-state index in [1.54, 1.807) is 4.68 Å². The van der Waals surface area contributed by atoms with Gasteiger partial charge in [0.25, 0.3) is 0 Å². The van der Waals surface area contributed by atoms with Crippen LogP contribution in [0.25, 0.3) is 22.0 Å². The number of aromatic nitrogens is 3. The molecule has 0 bridgehead atoms. The van der Waals surface area contributed by atoms with Crippen molar-refractivity contribution in [2.24, 2.45) is 7.05 Å². The number of fused-ring (bicyclic) bond motifs is 1. The van der Waals surface area contributed by atoms with Crippen molar-refractivity contribution >= 4 is 22.4 Å². The highest BCUT2D eigenvalue weighted by Crippen LogP contribution is 2.33. The van der Waals surface area contributed by atoms with Crippen LogP contribution in [0.3, 0.4) is 0 Å². The molecule has 0 aliphatic rings. The van der Waals surface area contributed by atoms with E-state index in [4.69, 9.17) is 11.6 Å². The van der Waals surface area contributed by atoms with Crippen LogP contribution >= 0.6 is 11.6 Å². The van der Waals surface area contributed by atoms with Gasteiger partial charge in [-0.15, -0.1) is 0 Å². The van der Waals surface area contributed by atoms with Crippen LogP contribution in [0, 0.1) is 0 Å². The van der Waals surface area contributed by atoms with Crippen molar-refractivity contribution in [2.75, 3.05) is 0 Å². The van der Waals surface area contributed by atoms with Crippen molar-refractivity contribution in [2.45, 2.75) is 26.2 Å². The Bertz CT molecular complexity index is 813. The molecule has 3 nitrogen and oxygen atoms in total. The fourth-order valence-electron chi connectivity index (χ4n) is 2.55. The van der Waals surface area contributed by atoms with Crippen LogP contribution in [0.1, 0.15) is 26.3 Å². The highest BCUT2D eigenvalue weighted by molar-refractivity contribution is 6.31. The van der Waals surface area contributed by atoms with Crippen LogP contribution in [0.2, 0.25) is 5.02 Å². The van der Waals surface area contributed by atoms with Gasteiger partial charge in [0.1, 0.15) is 0 Å². The minimum Gasteiger partial charge on any atom is -0.275 e. The fourth-order valence-corrected chi connectivity index (χ4v) is 2.78. The van der Waals surface area contributed by atoms with Gasteiger partial charge < -0.3 is 0 Å². The standard InChI is InChI=1S/C17H18ClN3/c1-17(2,3)15-7-13(18)5-11-6-16(19-9-14(11)15)12-8-20-21(4)10-12/h5-10H,1-4H3. The molecule has 2 aromatic heterocycles. The maximum absolute atomic E-state index is 6.30.